The Morgan fingerprint density at radius 1 is 1.36 bits per heavy atom. The van der Waals surface area contributed by atoms with Crippen molar-refractivity contribution in [2.45, 2.75) is 24.5 Å². The summed E-state index contributed by atoms with van der Waals surface area (Å²) in [6.07, 6.45) is 4.13. The Morgan fingerprint density at radius 2 is 2.16 bits per heavy atom. The zero-order valence-electron chi connectivity index (χ0n) is 12.9. The van der Waals surface area contributed by atoms with E-state index in [0.29, 0.717) is 17.9 Å². The number of hydrogen-bond acceptors (Lipinski definition) is 6. The van der Waals surface area contributed by atoms with Crippen LogP contribution in [0.1, 0.15) is 28.9 Å². The molecule has 0 radical (unpaired) electrons. The van der Waals surface area contributed by atoms with Crippen molar-refractivity contribution in [3.8, 4) is 0 Å². The predicted molar refractivity (Wildman–Crippen MR) is 86.8 cm³/mol. The maximum atomic E-state index is 12.0. The van der Waals surface area contributed by atoms with Gasteiger partial charge in [-0.05, 0) is 47.5 Å². The maximum absolute atomic E-state index is 12.0. The molecule has 3 aromatic rings. The Kier molecular flexibility index (Phi) is 2.99. The summed E-state index contributed by atoms with van der Waals surface area (Å²) in [5.41, 5.74) is 0.802. The zero-order chi connectivity index (χ0) is 17.2. The smallest absolute Gasteiger partial charge is 0.275 e. The quantitative estimate of drug-likeness (QED) is 0.654. The molecule has 1 aromatic carbocycles. The van der Waals surface area contributed by atoms with Gasteiger partial charge in [0.25, 0.3) is 5.91 Å². The first kappa shape index (κ1) is 14.9. The van der Waals surface area contributed by atoms with Crippen LogP contribution in [-0.4, -0.2) is 37.6 Å². The lowest BCUT2D eigenvalue weighted by Gasteiger charge is -2.27. The van der Waals surface area contributed by atoms with Crippen LogP contribution in [0.25, 0.3) is 10.9 Å². The summed E-state index contributed by atoms with van der Waals surface area (Å²) < 4.78 is 4.44. The van der Waals surface area contributed by atoms with E-state index in [9.17, 15) is 9.90 Å². The highest BCUT2D eigenvalue weighted by Gasteiger charge is 2.62. The van der Waals surface area contributed by atoms with Gasteiger partial charge in [-0.15, -0.1) is 0 Å². The monoisotopic (exact) mass is 359 g/mol. The summed E-state index contributed by atoms with van der Waals surface area (Å²) in [4.78, 5) is 12.0. The standard InChI is InChI=1S/C16H14ClN5O3/c17-7-1-11(10-5-18-21-12(10)2-7)16(24)3-8-9(4-16)14(8)20-15(23)13-6-19-25-22-13/h1-2,5-6,8-9,14,24H,3-4H2,(H,18,21)(H,20,23)/t8-,9+,14?,16?. The Morgan fingerprint density at radius 3 is 2.88 bits per heavy atom. The molecular formula is C16H14ClN5O3. The average molecular weight is 360 g/mol. The molecule has 8 nitrogen and oxygen atoms in total. The summed E-state index contributed by atoms with van der Waals surface area (Å²) >= 11 is 6.19. The summed E-state index contributed by atoms with van der Waals surface area (Å²) in [6.45, 7) is 0. The van der Waals surface area contributed by atoms with E-state index in [1.54, 1.807) is 18.3 Å². The van der Waals surface area contributed by atoms with Crippen LogP contribution in [0.5, 0.6) is 0 Å². The molecule has 0 bridgehead atoms. The number of hydrogen-bond donors (Lipinski definition) is 3. The summed E-state index contributed by atoms with van der Waals surface area (Å²) in [7, 11) is 0. The van der Waals surface area contributed by atoms with Gasteiger partial charge in [-0.1, -0.05) is 16.8 Å². The molecule has 9 heteroatoms. The fourth-order valence-electron chi connectivity index (χ4n) is 4.19. The molecule has 128 valence electrons. The molecule has 0 saturated heterocycles. The maximum Gasteiger partial charge on any atom is 0.275 e. The molecule has 2 aromatic heterocycles. The highest BCUT2D eigenvalue weighted by Crippen LogP contribution is 2.60. The number of carbonyl (C=O) groups excluding carboxylic acids is 1. The first-order valence-corrected chi connectivity index (χ1v) is 8.37. The Hall–Kier alpha value is -2.45. The summed E-state index contributed by atoms with van der Waals surface area (Å²) in [5.74, 6) is 0.161. The van der Waals surface area contributed by atoms with E-state index < -0.39 is 5.60 Å². The number of rotatable bonds is 3. The van der Waals surface area contributed by atoms with Crippen LogP contribution in [0.2, 0.25) is 5.02 Å². The molecule has 4 atom stereocenters. The number of halogens is 1. The number of carbonyl (C=O) groups is 1. The molecule has 2 saturated carbocycles. The highest BCUT2D eigenvalue weighted by molar-refractivity contribution is 6.31. The fraction of sp³-hybridized carbons (Fsp3) is 0.375. The van der Waals surface area contributed by atoms with Crippen LogP contribution < -0.4 is 5.32 Å². The van der Waals surface area contributed by atoms with Gasteiger partial charge < -0.3 is 10.4 Å². The zero-order valence-corrected chi connectivity index (χ0v) is 13.7. The number of nitrogens with zero attached hydrogens (tertiary/aromatic N) is 3. The number of aromatic amines is 1. The van der Waals surface area contributed by atoms with Crippen molar-refractivity contribution in [3.63, 3.8) is 0 Å². The van der Waals surface area contributed by atoms with Crippen LogP contribution in [0.15, 0.2) is 29.2 Å². The number of aromatic nitrogens is 4. The van der Waals surface area contributed by atoms with E-state index in [2.05, 4.69) is 30.5 Å². The second kappa shape index (κ2) is 5.03. The SMILES string of the molecule is O=C(NC1[C@H]2CC(O)(c3cc(Cl)cc4[nH]ncc34)C[C@@H]12)c1cnon1. The molecule has 2 aliphatic carbocycles. The van der Waals surface area contributed by atoms with Crippen molar-refractivity contribution in [3.05, 3.63) is 40.8 Å². The van der Waals surface area contributed by atoms with E-state index in [4.69, 9.17) is 11.6 Å². The number of H-pyrrole nitrogens is 1. The molecule has 0 spiro atoms. The second-order valence-corrected chi connectivity index (χ2v) is 7.28. The molecule has 2 aliphatic rings. The van der Waals surface area contributed by atoms with Crippen LogP contribution in [-0.2, 0) is 5.60 Å². The largest absolute Gasteiger partial charge is 0.385 e. The van der Waals surface area contributed by atoms with Gasteiger partial charge in [0.05, 0.1) is 17.3 Å². The van der Waals surface area contributed by atoms with Crippen molar-refractivity contribution in [1.29, 1.82) is 0 Å². The minimum Gasteiger partial charge on any atom is -0.385 e. The topological polar surface area (TPSA) is 117 Å². The van der Waals surface area contributed by atoms with Gasteiger partial charge in [0.2, 0.25) is 0 Å². The molecular weight excluding hydrogens is 346 g/mol. The highest BCUT2D eigenvalue weighted by atomic mass is 35.5. The predicted octanol–water partition coefficient (Wildman–Crippen LogP) is 1.63. The Balaban J connectivity index is 1.35. The third-order valence-electron chi connectivity index (χ3n) is 5.39. The van der Waals surface area contributed by atoms with Crippen molar-refractivity contribution in [2.24, 2.45) is 11.8 Å². The molecule has 2 unspecified atom stereocenters. The molecule has 1 amide bonds. The minimum absolute atomic E-state index is 0.0449. The van der Waals surface area contributed by atoms with E-state index in [1.165, 1.54) is 6.20 Å². The van der Waals surface area contributed by atoms with Gasteiger partial charge in [0, 0.05) is 16.5 Å². The van der Waals surface area contributed by atoms with Crippen molar-refractivity contribution < 1.29 is 14.5 Å². The van der Waals surface area contributed by atoms with Gasteiger partial charge in [0.1, 0.15) is 6.20 Å². The summed E-state index contributed by atoms with van der Waals surface area (Å²) in [6, 6.07) is 3.64. The molecule has 25 heavy (non-hydrogen) atoms. The minimum atomic E-state index is -0.959. The molecule has 3 N–H and O–H groups in total. The number of benzene rings is 1. The average Bonchev–Trinajstić information content (AvgIpc) is 3.12. The van der Waals surface area contributed by atoms with Gasteiger partial charge in [-0.25, -0.2) is 4.63 Å². The van der Waals surface area contributed by atoms with Gasteiger partial charge >= 0.3 is 0 Å². The number of amides is 1. The third-order valence-corrected chi connectivity index (χ3v) is 5.61. The normalized spacial score (nSPS) is 30.4. The van der Waals surface area contributed by atoms with E-state index >= 15 is 0 Å². The van der Waals surface area contributed by atoms with Crippen molar-refractivity contribution in [2.75, 3.05) is 0 Å². The number of fused-ring (bicyclic) bond motifs is 2. The fourth-order valence-corrected chi connectivity index (χ4v) is 4.41. The second-order valence-electron chi connectivity index (χ2n) is 6.84. The van der Waals surface area contributed by atoms with Crippen LogP contribution in [0.4, 0.5) is 0 Å². The third kappa shape index (κ3) is 2.25. The number of nitrogens with one attached hydrogen (secondary N) is 2. The lowest BCUT2D eigenvalue weighted by molar-refractivity contribution is 0.0292. The molecule has 5 rings (SSSR count). The first-order chi connectivity index (χ1) is 12.0. The molecule has 0 aliphatic heterocycles. The van der Waals surface area contributed by atoms with Crippen LogP contribution in [0, 0.1) is 11.8 Å². The van der Waals surface area contributed by atoms with Gasteiger partial charge in [-0.2, -0.15) is 5.10 Å². The van der Waals surface area contributed by atoms with Crippen molar-refractivity contribution >= 4 is 28.4 Å². The van der Waals surface area contributed by atoms with E-state index in [0.717, 1.165) is 16.5 Å². The number of aliphatic hydroxyl groups is 1. The molecule has 2 heterocycles. The van der Waals surface area contributed by atoms with E-state index in [1.807, 2.05) is 0 Å². The van der Waals surface area contributed by atoms with Gasteiger partial charge in [0.15, 0.2) is 5.69 Å². The first-order valence-electron chi connectivity index (χ1n) is 7.99. The Bertz CT molecular complexity index is 957. The molecule has 2 fully saturated rings. The summed E-state index contributed by atoms with van der Waals surface area (Å²) in [5, 5.41) is 29.5. The van der Waals surface area contributed by atoms with Crippen LogP contribution in [0.3, 0.4) is 0 Å². The van der Waals surface area contributed by atoms with Crippen molar-refractivity contribution in [1.82, 2.24) is 25.8 Å². The lowest BCUT2D eigenvalue weighted by atomic mass is 9.86. The van der Waals surface area contributed by atoms with Gasteiger partial charge in [-0.3, -0.25) is 9.89 Å². The Labute approximate surface area is 146 Å². The van der Waals surface area contributed by atoms with E-state index in [-0.39, 0.29) is 29.5 Å². The van der Waals surface area contributed by atoms with Crippen LogP contribution >= 0.6 is 11.6 Å². The lowest BCUT2D eigenvalue weighted by Crippen LogP contribution is -2.33.